The summed E-state index contributed by atoms with van der Waals surface area (Å²) in [6.07, 6.45) is 0. The molecule has 8 heteroatoms. The fourth-order valence-corrected chi connectivity index (χ4v) is 3.97. The first kappa shape index (κ1) is 19.7. The number of carbonyl (C=O) groups excluding carboxylic acids is 1. The Morgan fingerprint density at radius 3 is 2.20 bits per heavy atom. The van der Waals surface area contributed by atoms with Gasteiger partial charge < -0.3 is 4.74 Å². The van der Waals surface area contributed by atoms with Gasteiger partial charge >= 0.3 is 5.97 Å². The lowest BCUT2D eigenvalue weighted by molar-refractivity contribution is 0.0735. The standard InChI is InChI=1S/C17H17Cl2NO4S/c1-3-20(4-2)25(22,23)14-8-5-12(6-9-14)17(21)24-16-11-13(18)7-10-15(16)19/h5-11H,3-4H2,1-2H3. The molecule has 0 radical (unpaired) electrons. The molecule has 2 rings (SSSR count). The Bertz CT molecular complexity index is 863. The SMILES string of the molecule is CCN(CC)S(=O)(=O)c1ccc(C(=O)Oc2cc(Cl)ccc2Cl)cc1. The van der Waals surface area contributed by atoms with E-state index in [2.05, 4.69) is 0 Å². The van der Waals surface area contributed by atoms with Crippen molar-refractivity contribution in [2.24, 2.45) is 0 Å². The highest BCUT2D eigenvalue weighted by Crippen LogP contribution is 2.28. The van der Waals surface area contributed by atoms with Crippen molar-refractivity contribution in [1.29, 1.82) is 0 Å². The molecule has 0 saturated carbocycles. The molecule has 0 aliphatic rings. The summed E-state index contributed by atoms with van der Waals surface area (Å²) in [5.74, 6) is -0.519. The van der Waals surface area contributed by atoms with Crippen molar-refractivity contribution in [2.45, 2.75) is 18.7 Å². The van der Waals surface area contributed by atoms with Crippen LogP contribution in [0.25, 0.3) is 0 Å². The van der Waals surface area contributed by atoms with Crippen LogP contribution in [-0.4, -0.2) is 31.8 Å². The van der Waals surface area contributed by atoms with Crippen molar-refractivity contribution >= 4 is 39.2 Å². The normalized spacial score (nSPS) is 11.6. The van der Waals surface area contributed by atoms with Gasteiger partial charge in [-0.2, -0.15) is 4.31 Å². The fourth-order valence-electron chi connectivity index (χ4n) is 2.19. The number of sulfonamides is 1. The van der Waals surface area contributed by atoms with Crippen molar-refractivity contribution in [3.63, 3.8) is 0 Å². The summed E-state index contributed by atoms with van der Waals surface area (Å²) in [6.45, 7) is 4.27. The number of ether oxygens (including phenoxy) is 1. The first-order valence-electron chi connectivity index (χ1n) is 7.57. The average molecular weight is 402 g/mol. The summed E-state index contributed by atoms with van der Waals surface area (Å²) in [7, 11) is -3.57. The van der Waals surface area contributed by atoms with Gasteiger partial charge in [-0.3, -0.25) is 0 Å². The largest absolute Gasteiger partial charge is 0.421 e. The molecule has 0 N–H and O–H groups in total. The van der Waals surface area contributed by atoms with Crippen molar-refractivity contribution in [1.82, 2.24) is 4.31 Å². The molecule has 0 bridgehead atoms. The Kier molecular flexibility index (Phi) is 6.46. The third-order valence-electron chi connectivity index (χ3n) is 3.53. The van der Waals surface area contributed by atoms with E-state index in [1.807, 2.05) is 0 Å². The lowest BCUT2D eigenvalue weighted by atomic mass is 10.2. The number of hydrogen-bond donors (Lipinski definition) is 0. The van der Waals surface area contributed by atoms with Crippen LogP contribution < -0.4 is 4.74 Å². The average Bonchev–Trinajstić information content (AvgIpc) is 2.59. The number of nitrogens with zero attached hydrogens (tertiary/aromatic N) is 1. The lowest BCUT2D eigenvalue weighted by Gasteiger charge is -2.18. The van der Waals surface area contributed by atoms with E-state index in [1.54, 1.807) is 19.9 Å². The summed E-state index contributed by atoms with van der Waals surface area (Å²) in [4.78, 5) is 12.3. The van der Waals surface area contributed by atoms with E-state index in [4.69, 9.17) is 27.9 Å². The topological polar surface area (TPSA) is 63.7 Å². The zero-order chi connectivity index (χ0) is 18.6. The Labute approximate surface area is 157 Å². The minimum atomic E-state index is -3.57. The van der Waals surface area contributed by atoms with Gasteiger partial charge in [-0.1, -0.05) is 37.0 Å². The second kappa shape index (κ2) is 8.19. The van der Waals surface area contributed by atoms with Crippen LogP contribution >= 0.6 is 23.2 Å². The van der Waals surface area contributed by atoms with Crippen LogP contribution in [0, 0.1) is 0 Å². The summed E-state index contributed by atoms with van der Waals surface area (Å²) in [6, 6.07) is 10.1. The Morgan fingerprint density at radius 2 is 1.64 bits per heavy atom. The molecule has 2 aromatic carbocycles. The number of carbonyl (C=O) groups is 1. The van der Waals surface area contributed by atoms with E-state index in [0.717, 1.165) is 0 Å². The van der Waals surface area contributed by atoms with Gasteiger partial charge in [-0.15, -0.1) is 0 Å². The van der Waals surface area contributed by atoms with Crippen molar-refractivity contribution < 1.29 is 17.9 Å². The molecule has 0 aliphatic heterocycles. The van der Waals surface area contributed by atoms with E-state index in [9.17, 15) is 13.2 Å². The molecule has 0 atom stereocenters. The summed E-state index contributed by atoms with van der Waals surface area (Å²) < 4.78 is 31.4. The highest BCUT2D eigenvalue weighted by Gasteiger charge is 2.22. The third kappa shape index (κ3) is 4.52. The summed E-state index contributed by atoms with van der Waals surface area (Å²) >= 11 is 11.8. The summed E-state index contributed by atoms with van der Waals surface area (Å²) in [5, 5.41) is 0.631. The zero-order valence-electron chi connectivity index (χ0n) is 13.7. The minimum Gasteiger partial charge on any atom is -0.421 e. The molecule has 25 heavy (non-hydrogen) atoms. The molecule has 0 aliphatic carbocycles. The predicted octanol–water partition coefficient (Wildman–Crippen LogP) is 4.24. The van der Waals surface area contributed by atoms with Gasteiger partial charge in [0.15, 0.2) is 5.75 Å². The number of hydrogen-bond acceptors (Lipinski definition) is 4. The second-order valence-corrected chi connectivity index (χ2v) is 7.86. The van der Waals surface area contributed by atoms with Crippen LogP contribution in [0.1, 0.15) is 24.2 Å². The first-order chi connectivity index (χ1) is 11.8. The van der Waals surface area contributed by atoms with Gasteiger partial charge in [0.05, 0.1) is 15.5 Å². The van der Waals surface area contributed by atoms with Crippen molar-refractivity contribution in [2.75, 3.05) is 13.1 Å². The van der Waals surface area contributed by atoms with Crippen molar-refractivity contribution in [3.8, 4) is 5.75 Å². The van der Waals surface area contributed by atoms with E-state index in [0.29, 0.717) is 18.1 Å². The molecular weight excluding hydrogens is 385 g/mol. The molecule has 0 saturated heterocycles. The number of esters is 1. The van der Waals surface area contributed by atoms with E-state index in [1.165, 1.54) is 40.7 Å². The molecule has 0 spiro atoms. The van der Waals surface area contributed by atoms with Gasteiger partial charge in [0.25, 0.3) is 0 Å². The second-order valence-electron chi connectivity index (χ2n) is 5.08. The van der Waals surface area contributed by atoms with Crippen LogP contribution in [0.3, 0.4) is 0 Å². The third-order valence-corrected chi connectivity index (χ3v) is 6.14. The number of halogens is 2. The fraction of sp³-hybridized carbons (Fsp3) is 0.235. The highest BCUT2D eigenvalue weighted by atomic mass is 35.5. The van der Waals surface area contributed by atoms with E-state index >= 15 is 0 Å². The zero-order valence-corrected chi connectivity index (χ0v) is 16.0. The maximum atomic E-state index is 12.4. The van der Waals surface area contributed by atoms with Crippen LogP contribution in [0.15, 0.2) is 47.4 Å². The summed E-state index contributed by atoms with van der Waals surface area (Å²) in [5.41, 5.74) is 0.203. The van der Waals surface area contributed by atoms with Crippen LogP contribution in [0.2, 0.25) is 10.0 Å². The Hall–Kier alpha value is -1.60. The molecule has 0 heterocycles. The van der Waals surface area contributed by atoms with Gasteiger partial charge in [0.2, 0.25) is 10.0 Å². The molecule has 134 valence electrons. The Balaban J connectivity index is 2.22. The maximum absolute atomic E-state index is 12.4. The monoisotopic (exact) mass is 401 g/mol. The minimum absolute atomic E-state index is 0.119. The van der Waals surface area contributed by atoms with Crippen LogP contribution in [-0.2, 0) is 10.0 Å². The van der Waals surface area contributed by atoms with Gasteiger partial charge in [0, 0.05) is 24.2 Å². The molecule has 2 aromatic rings. The molecule has 0 aromatic heterocycles. The molecule has 5 nitrogen and oxygen atoms in total. The molecular formula is C17H17Cl2NO4S. The smallest absolute Gasteiger partial charge is 0.343 e. The van der Waals surface area contributed by atoms with Crippen molar-refractivity contribution in [3.05, 3.63) is 58.1 Å². The number of benzene rings is 2. The predicted molar refractivity (Wildman–Crippen MR) is 98.0 cm³/mol. The molecule has 0 unspecified atom stereocenters. The lowest BCUT2D eigenvalue weighted by Crippen LogP contribution is -2.30. The molecule has 0 amide bonds. The number of rotatable bonds is 6. The maximum Gasteiger partial charge on any atom is 0.343 e. The van der Waals surface area contributed by atoms with Crippen LogP contribution in [0.4, 0.5) is 0 Å². The van der Waals surface area contributed by atoms with E-state index < -0.39 is 16.0 Å². The highest BCUT2D eigenvalue weighted by molar-refractivity contribution is 7.89. The first-order valence-corrected chi connectivity index (χ1v) is 9.76. The van der Waals surface area contributed by atoms with Crippen LogP contribution in [0.5, 0.6) is 5.75 Å². The van der Waals surface area contributed by atoms with Gasteiger partial charge in [0.1, 0.15) is 0 Å². The Morgan fingerprint density at radius 1 is 1.04 bits per heavy atom. The van der Waals surface area contributed by atoms with Gasteiger partial charge in [-0.05, 0) is 36.4 Å². The quantitative estimate of drug-likeness (QED) is 0.536. The van der Waals surface area contributed by atoms with Gasteiger partial charge in [-0.25, -0.2) is 13.2 Å². The molecule has 0 fully saturated rings. The van der Waals surface area contributed by atoms with E-state index in [-0.39, 0.29) is 21.2 Å².